The first kappa shape index (κ1) is 19.1. The molecule has 0 N–H and O–H groups in total. The zero-order chi connectivity index (χ0) is 18.7. The van der Waals surface area contributed by atoms with Gasteiger partial charge in [-0.3, -0.25) is 0 Å². The second-order valence-corrected chi connectivity index (χ2v) is 7.11. The molecule has 0 unspecified atom stereocenters. The van der Waals surface area contributed by atoms with Crippen molar-refractivity contribution >= 4 is 52.4 Å². The molecule has 0 aliphatic carbocycles. The molecule has 4 nitrogen and oxygen atoms in total. The Morgan fingerprint density at radius 3 is 2.27 bits per heavy atom. The predicted octanol–water partition coefficient (Wildman–Crippen LogP) is 5.90. The minimum atomic E-state index is -0.579. The van der Waals surface area contributed by atoms with Crippen molar-refractivity contribution in [2.24, 2.45) is 0 Å². The third-order valence-corrected chi connectivity index (χ3v) is 4.82. The van der Waals surface area contributed by atoms with Crippen LogP contribution >= 0.6 is 46.4 Å². The average molecular weight is 430 g/mol. The fourth-order valence-electron chi connectivity index (χ4n) is 2.34. The number of esters is 1. The van der Waals surface area contributed by atoms with Gasteiger partial charge in [-0.15, -0.1) is 0 Å². The van der Waals surface area contributed by atoms with E-state index in [1.807, 2.05) is 0 Å². The van der Waals surface area contributed by atoms with E-state index in [4.69, 9.17) is 51.1 Å². The van der Waals surface area contributed by atoms with Crippen LogP contribution in [-0.4, -0.2) is 15.5 Å². The van der Waals surface area contributed by atoms with Gasteiger partial charge in [0.1, 0.15) is 6.61 Å². The van der Waals surface area contributed by atoms with Crippen molar-refractivity contribution in [2.75, 3.05) is 0 Å². The molecule has 0 atom stereocenters. The van der Waals surface area contributed by atoms with Crippen LogP contribution in [-0.2, 0) is 17.9 Å². The Kier molecular flexibility index (Phi) is 6.09. The smallest absolute Gasteiger partial charge is 0.374 e. The monoisotopic (exact) mass is 428 g/mol. The molecule has 3 rings (SSSR count). The molecule has 0 saturated carbocycles. The summed E-state index contributed by atoms with van der Waals surface area (Å²) in [6.45, 7) is 0.324. The third kappa shape index (κ3) is 4.51. The fourth-order valence-corrected chi connectivity index (χ4v) is 3.08. The number of hydrogen-bond donors (Lipinski definition) is 0. The summed E-state index contributed by atoms with van der Waals surface area (Å²) in [6.07, 6.45) is 3.18. The predicted molar refractivity (Wildman–Crippen MR) is 103 cm³/mol. The molecule has 134 valence electrons. The lowest BCUT2D eigenvalue weighted by Crippen LogP contribution is -2.14. The second kappa shape index (κ2) is 8.31. The number of halogens is 4. The highest BCUT2D eigenvalue weighted by molar-refractivity contribution is 6.34. The molecule has 0 saturated heterocycles. The van der Waals surface area contributed by atoms with Gasteiger partial charge >= 0.3 is 5.97 Å². The van der Waals surface area contributed by atoms with Gasteiger partial charge in [0.15, 0.2) is 0 Å². The highest BCUT2D eigenvalue weighted by Crippen LogP contribution is 2.23. The molecular formula is C18H12Cl4N2O2. The molecule has 0 aliphatic rings. The molecular weight excluding hydrogens is 418 g/mol. The first-order valence-electron chi connectivity index (χ1n) is 7.50. The van der Waals surface area contributed by atoms with Crippen LogP contribution in [0.1, 0.15) is 21.7 Å². The maximum atomic E-state index is 12.4. The number of ether oxygens (including phenoxy) is 1. The van der Waals surface area contributed by atoms with Gasteiger partial charge in [-0.2, -0.15) is 0 Å². The van der Waals surface area contributed by atoms with Crippen LogP contribution in [0.3, 0.4) is 0 Å². The number of nitrogens with zero attached hydrogens (tertiary/aromatic N) is 2. The van der Waals surface area contributed by atoms with E-state index in [0.717, 1.165) is 5.56 Å². The van der Waals surface area contributed by atoms with E-state index in [1.54, 1.807) is 47.2 Å². The lowest BCUT2D eigenvalue weighted by molar-refractivity contribution is 0.0453. The molecule has 2 aromatic carbocycles. The van der Waals surface area contributed by atoms with Gasteiger partial charge in [0.25, 0.3) is 0 Å². The summed E-state index contributed by atoms with van der Waals surface area (Å²) in [6, 6.07) is 10.1. The van der Waals surface area contributed by atoms with Crippen LogP contribution in [0, 0.1) is 0 Å². The maximum absolute atomic E-state index is 12.4. The van der Waals surface area contributed by atoms with Gasteiger partial charge in [-0.25, -0.2) is 9.78 Å². The van der Waals surface area contributed by atoms with Crippen molar-refractivity contribution in [2.45, 2.75) is 13.2 Å². The fraction of sp³-hybridized carbons (Fsp3) is 0.111. The zero-order valence-corrected chi connectivity index (χ0v) is 16.3. The van der Waals surface area contributed by atoms with Gasteiger partial charge in [0.2, 0.25) is 5.82 Å². The van der Waals surface area contributed by atoms with E-state index in [9.17, 15) is 4.79 Å². The van der Waals surface area contributed by atoms with Gasteiger partial charge in [0, 0.05) is 38.0 Å². The SMILES string of the molecule is O=C(OCc1cc(Cl)ccc1Cl)c1nccn1Cc1cc(Cl)ccc1Cl. The van der Waals surface area contributed by atoms with Crippen LogP contribution in [0.15, 0.2) is 48.8 Å². The normalized spacial score (nSPS) is 10.8. The van der Waals surface area contributed by atoms with E-state index in [0.29, 0.717) is 32.2 Å². The minimum Gasteiger partial charge on any atom is -0.455 e. The van der Waals surface area contributed by atoms with Gasteiger partial charge < -0.3 is 9.30 Å². The van der Waals surface area contributed by atoms with Gasteiger partial charge in [0.05, 0.1) is 6.54 Å². The molecule has 1 heterocycles. The molecule has 0 amide bonds. The van der Waals surface area contributed by atoms with Crippen LogP contribution in [0.4, 0.5) is 0 Å². The highest BCUT2D eigenvalue weighted by atomic mass is 35.5. The first-order valence-corrected chi connectivity index (χ1v) is 9.01. The highest BCUT2D eigenvalue weighted by Gasteiger charge is 2.16. The molecule has 3 aromatic rings. The van der Waals surface area contributed by atoms with Gasteiger partial charge in [-0.1, -0.05) is 46.4 Å². The first-order chi connectivity index (χ1) is 12.4. The number of hydrogen-bond acceptors (Lipinski definition) is 3. The molecule has 0 fully saturated rings. The molecule has 0 spiro atoms. The van der Waals surface area contributed by atoms with Crippen molar-refractivity contribution in [3.63, 3.8) is 0 Å². The Morgan fingerprint density at radius 1 is 0.962 bits per heavy atom. The van der Waals surface area contributed by atoms with Crippen molar-refractivity contribution in [3.05, 3.63) is 85.8 Å². The number of imidazole rings is 1. The maximum Gasteiger partial charge on any atom is 0.374 e. The minimum absolute atomic E-state index is 0.0109. The Balaban J connectivity index is 1.74. The third-order valence-electron chi connectivity index (χ3n) is 3.61. The summed E-state index contributed by atoms with van der Waals surface area (Å²) < 4.78 is 6.95. The standard InChI is InChI=1S/C18H12Cl4N2O2/c19-13-1-3-15(21)11(7-13)9-24-6-5-23-17(24)18(25)26-10-12-8-14(20)2-4-16(12)22/h1-8H,9-10H2. The Morgan fingerprint density at radius 2 is 1.58 bits per heavy atom. The van der Waals surface area contributed by atoms with Crippen molar-refractivity contribution in [1.29, 1.82) is 0 Å². The number of carbonyl (C=O) groups excluding carboxylic acids is 1. The Bertz CT molecular complexity index is 956. The summed E-state index contributed by atoms with van der Waals surface area (Å²) in [5, 5.41) is 2.09. The number of carbonyl (C=O) groups is 1. The van der Waals surface area contributed by atoms with Crippen LogP contribution in [0.25, 0.3) is 0 Å². The van der Waals surface area contributed by atoms with Crippen molar-refractivity contribution in [1.82, 2.24) is 9.55 Å². The molecule has 26 heavy (non-hydrogen) atoms. The van der Waals surface area contributed by atoms with Crippen LogP contribution in [0.2, 0.25) is 20.1 Å². The summed E-state index contributed by atoms with van der Waals surface area (Å²) in [5.41, 5.74) is 1.38. The quantitative estimate of drug-likeness (QED) is 0.474. The molecule has 0 aliphatic heterocycles. The number of rotatable bonds is 5. The topological polar surface area (TPSA) is 44.1 Å². The Hall–Kier alpha value is -1.72. The zero-order valence-electron chi connectivity index (χ0n) is 13.3. The van der Waals surface area contributed by atoms with Crippen LogP contribution in [0.5, 0.6) is 0 Å². The molecule has 1 aromatic heterocycles. The summed E-state index contributed by atoms with van der Waals surface area (Å²) >= 11 is 24.2. The average Bonchev–Trinajstić information content (AvgIpc) is 3.07. The van der Waals surface area contributed by atoms with E-state index >= 15 is 0 Å². The molecule has 0 radical (unpaired) electrons. The van der Waals surface area contributed by atoms with E-state index in [-0.39, 0.29) is 12.4 Å². The van der Waals surface area contributed by atoms with Gasteiger partial charge in [-0.05, 0) is 42.0 Å². The van der Waals surface area contributed by atoms with E-state index in [2.05, 4.69) is 4.98 Å². The second-order valence-electron chi connectivity index (χ2n) is 5.43. The van der Waals surface area contributed by atoms with E-state index in [1.165, 1.54) is 6.20 Å². The molecule has 0 bridgehead atoms. The molecule has 8 heteroatoms. The van der Waals surface area contributed by atoms with E-state index < -0.39 is 5.97 Å². The lowest BCUT2D eigenvalue weighted by atomic mass is 10.2. The number of benzene rings is 2. The Labute approximate surface area is 170 Å². The summed E-state index contributed by atoms with van der Waals surface area (Å²) in [7, 11) is 0. The van der Waals surface area contributed by atoms with Crippen molar-refractivity contribution in [3.8, 4) is 0 Å². The lowest BCUT2D eigenvalue weighted by Gasteiger charge is -2.10. The largest absolute Gasteiger partial charge is 0.455 e. The summed E-state index contributed by atoms with van der Waals surface area (Å²) in [4.78, 5) is 16.5. The number of aromatic nitrogens is 2. The summed E-state index contributed by atoms with van der Waals surface area (Å²) in [5.74, 6) is -0.427. The van der Waals surface area contributed by atoms with Crippen molar-refractivity contribution < 1.29 is 9.53 Å². The van der Waals surface area contributed by atoms with Crippen LogP contribution < -0.4 is 0 Å².